The Bertz CT molecular complexity index is 440. The van der Waals surface area contributed by atoms with Crippen LogP contribution in [0.3, 0.4) is 0 Å². The predicted molar refractivity (Wildman–Crippen MR) is 75.3 cm³/mol. The van der Waals surface area contributed by atoms with Crippen molar-refractivity contribution in [3.63, 3.8) is 0 Å². The van der Waals surface area contributed by atoms with Crippen molar-refractivity contribution in [2.75, 3.05) is 0 Å². The van der Waals surface area contributed by atoms with Crippen LogP contribution >= 0.6 is 11.6 Å². The molecule has 0 bridgehead atoms. The summed E-state index contributed by atoms with van der Waals surface area (Å²) in [5.74, 6) is -0.678. The number of carboxylic acid groups (broad SMARTS) is 1. The molecular formula is C15H20ClNO2. The molecule has 1 aliphatic rings. The van der Waals surface area contributed by atoms with Crippen molar-refractivity contribution < 1.29 is 9.90 Å². The Morgan fingerprint density at radius 3 is 2.47 bits per heavy atom. The van der Waals surface area contributed by atoms with Crippen LogP contribution in [-0.4, -0.2) is 16.1 Å². The Morgan fingerprint density at radius 2 is 1.89 bits per heavy atom. The van der Waals surface area contributed by atoms with Gasteiger partial charge in [0.25, 0.3) is 0 Å². The summed E-state index contributed by atoms with van der Waals surface area (Å²) in [7, 11) is 0. The van der Waals surface area contributed by atoms with Crippen LogP contribution in [0.4, 0.5) is 0 Å². The molecule has 1 aliphatic carbocycles. The van der Waals surface area contributed by atoms with Gasteiger partial charge in [0.2, 0.25) is 0 Å². The largest absolute Gasteiger partial charge is 0.481 e. The van der Waals surface area contributed by atoms with Gasteiger partial charge in [0, 0.05) is 12.4 Å². The molecule has 104 valence electrons. The lowest BCUT2D eigenvalue weighted by Gasteiger charge is -2.31. The summed E-state index contributed by atoms with van der Waals surface area (Å²) in [6, 6.07) is 1.84. The summed E-state index contributed by atoms with van der Waals surface area (Å²) in [5, 5.41) is 10.3. The van der Waals surface area contributed by atoms with E-state index in [0.29, 0.717) is 11.4 Å². The molecule has 1 saturated carbocycles. The van der Waals surface area contributed by atoms with Gasteiger partial charge in [0.15, 0.2) is 0 Å². The van der Waals surface area contributed by atoms with E-state index >= 15 is 0 Å². The fourth-order valence-electron chi connectivity index (χ4n) is 2.96. The quantitative estimate of drug-likeness (QED) is 0.908. The van der Waals surface area contributed by atoms with Crippen molar-refractivity contribution in [1.29, 1.82) is 0 Å². The predicted octanol–water partition coefficient (Wildman–Crippen LogP) is 4.09. The minimum Gasteiger partial charge on any atom is -0.481 e. The summed E-state index contributed by atoms with van der Waals surface area (Å²) < 4.78 is 0. The van der Waals surface area contributed by atoms with Crippen molar-refractivity contribution in [3.8, 4) is 0 Å². The highest BCUT2D eigenvalue weighted by Crippen LogP contribution is 2.38. The Kier molecular flexibility index (Phi) is 4.81. The van der Waals surface area contributed by atoms with Crippen LogP contribution in [-0.2, 0) is 11.2 Å². The highest BCUT2D eigenvalue weighted by atomic mass is 35.5. The molecule has 4 heteroatoms. The number of aromatic nitrogens is 1. The van der Waals surface area contributed by atoms with E-state index in [1.54, 1.807) is 12.4 Å². The Hall–Kier alpha value is -1.09. The molecule has 1 aromatic heterocycles. The Labute approximate surface area is 119 Å². The normalized spacial score (nSPS) is 19.4. The molecule has 0 amide bonds. The van der Waals surface area contributed by atoms with Crippen molar-refractivity contribution in [2.24, 2.45) is 5.41 Å². The molecule has 0 atom stereocenters. The third kappa shape index (κ3) is 3.47. The lowest BCUT2D eigenvalue weighted by molar-refractivity contribution is -0.150. The van der Waals surface area contributed by atoms with Gasteiger partial charge in [-0.3, -0.25) is 9.78 Å². The highest BCUT2D eigenvalue weighted by Gasteiger charge is 2.38. The van der Waals surface area contributed by atoms with Crippen LogP contribution in [0.1, 0.15) is 50.5 Å². The van der Waals surface area contributed by atoms with Gasteiger partial charge in [0.05, 0.1) is 10.4 Å². The third-order valence-electron chi connectivity index (χ3n) is 4.15. The number of hydrogen-bond acceptors (Lipinski definition) is 2. The molecule has 1 fully saturated rings. The van der Waals surface area contributed by atoms with Crippen LogP contribution in [0.2, 0.25) is 5.02 Å². The molecule has 0 unspecified atom stereocenters. The number of halogens is 1. The number of aliphatic carboxylic acids is 1. The van der Waals surface area contributed by atoms with Gasteiger partial charge in [-0.25, -0.2) is 0 Å². The van der Waals surface area contributed by atoms with Crippen LogP contribution in [0.5, 0.6) is 0 Å². The van der Waals surface area contributed by atoms with E-state index in [4.69, 9.17) is 11.6 Å². The zero-order valence-electron chi connectivity index (χ0n) is 11.1. The van der Waals surface area contributed by atoms with E-state index in [9.17, 15) is 9.90 Å². The average Bonchev–Trinajstić information content (AvgIpc) is 2.35. The van der Waals surface area contributed by atoms with E-state index < -0.39 is 11.4 Å². The fourth-order valence-corrected chi connectivity index (χ4v) is 3.15. The second-order valence-electron chi connectivity index (χ2n) is 5.50. The van der Waals surface area contributed by atoms with Gasteiger partial charge in [0.1, 0.15) is 0 Å². The summed E-state index contributed by atoms with van der Waals surface area (Å²) in [6.45, 7) is 0. The Balaban J connectivity index is 2.23. The number of nitrogens with zero attached hydrogens (tertiary/aromatic N) is 1. The van der Waals surface area contributed by atoms with Gasteiger partial charge in [-0.2, -0.15) is 0 Å². The second kappa shape index (κ2) is 6.38. The van der Waals surface area contributed by atoms with Crippen LogP contribution in [0.25, 0.3) is 0 Å². The number of carbonyl (C=O) groups is 1. The third-order valence-corrected chi connectivity index (χ3v) is 4.49. The maximum Gasteiger partial charge on any atom is 0.309 e. The fraction of sp³-hybridized carbons (Fsp3) is 0.600. The van der Waals surface area contributed by atoms with E-state index in [1.165, 1.54) is 6.42 Å². The SMILES string of the molecule is O=C(O)C1(Cc2ccncc2Cl)CCCCCCC1. The first-order valence-electron chi connectivity index (χ1n) is 6.96. The van der Waals surface area contributed by atoms with E-state index in [2.05, 4.69) is 4.98 Å². The summed E-state index contributed by atoms with van der Waals surface area (Å²) >= 11 is 6.13. The lowest BCUT2D eigenvalue weighted by Crippen LogP contribution is -2.34. The van der Waals surface area contributed by atoms with Gasteiger partial charge >= 0.3 is 5.97 Å². The maximum absolute atomic E-state index is 11.8. The molecule has 0 radical (unpaired) electrons. The first kappa shape index (κ1) is 14.3. The summed E-state index contributed by atoms with van der Waals surface area (Å²) in [6.07, 6.45) is 10.8. The first-order chi connectivity index (χ1) is 9.14. The summed E-state index contributed by atoms with van der Waals surface area (Å²) in [5.41, 5.74) is 0.255. The zero-order valence-corrected chi connectivity index (χ0v) is 11.8. The van der Waals surface area contributed by atoms with E-state index in [-0.39, 0.29) is 0 Å². The molecule has 1 heterocycles. The van der Waals surface area contributed by atoms with Crippen LogP contribution < -0.4 is 0 Å². The number of pyridine rings is 1. The Morgan fingerprint density at radius 1 is 1.26 bits per heavy atom. The van der Waals surface area contributed by atoms with Crippen molar-refractivity contribution in [2.45, 2.75) is 51.4 Å². The van der Waals surface area contributed by atoms with E-state index in [1.807, 2.05) is 6.07 Å². The van der Waals surface area contributed by atoms with Gasteiger partial charge in [-0.15, -0.1) is 0 Å². The minimum absolute atomic E-state index is 0.518. The van der Waals surface area contributed by atoms with Crippen molar-refractivity contribution in [1.82, 2.24) is 4.98 Å². The second-order valence-corrected chi connectivity index (χ2v) is 5.90. The standard InChI is InChI=1S/C15H20ClNO2/c16-13-11-17-9-6-12(13)10-15(14(18)19)7-4-2-1-3-5-8-15/h6,9,11H,1-5,7-8,10H2,(H,18,19). The van der Waals surface area contributed by atoms with Crippen LogP contribution in [0.15, 0.2) is 18.5 Å². The molecule has 0 spiro atoms. The topological polar surface area (TPSA) is 50.2 Å². The highest BCUT2D eigenvalue weighted by molar-refractivity contribution is 6.31. The monoisotopic (exact) mass is 281 g/mol. The van der Waals surface area contributed by atoms with Gasteiger partial charge in [-0.1, -0.05) is 43.7 Å². The molecular weight excluding hydrogens is 262 g/mol. The molecule has 1 N–H and O–H groups in total. The maximum atomic E-state index is 11.8. The average molecular weight is 282 g/mol. The lowest BCUT2D eigenvalue weighted by atomic mass is 9.72. The molecule has 0 aliphatic heterocycles. The number of hydrogen-bond donors (Lipinski definition) is 1. The zero-order chi connectivity index (χ0) is 13.7. The van der Waals surface area contributed by atoms with Crippen molar-refractivity contribution in [3.05, 3.63) is 29.0 Å². The molecule has 19 heavy (non-hydrogen) atoms. The molecule has 1 aromatic rings. The van der Waals surface area contributed by atoms with Crippen molar-refractivity contribution >= 4 is 17.6 Å². The molecule has 0 saturated heterocycles. The van der Waals surface area contributed by atoms with Gasteiger partial charge < -0.3 is 5.11 Å². The van der Waals surface area contributed by atoms with Gasteiger partial charge in [-0.05, 0) is 30.9 Å². The minimum atomic E-state index is -0.678. The number of rotatable bonds is 3. The molecule has 2 rings (SSSR count). The molecule has 3 nitrogen and oxygen atoms in total. The summed E-state index contributed by atoms with van der Waals surface area (Å²) in [4.78, 5) is 15.8. The smallest absolute Gasteiger partial charge is 0.309 e. The molecule has 0 aromatic carbocycles. The van der Waals surface area contributed by atoms with E-state index in [0.717, 1.165) is 44.1 Å². The van der Waals surface area contributed by atoms with Crippen LogP contribution in [0, 0.1) is 5.41 Å². The first-order valence-corrected chi connectivity index (χ1v) is 7.34. The number of carboxylic acids is 1.